The Morgan fingerprint density at radius 2 is 1.64 bits per heavy atom. The second kappa shape index (κ2) is 15.7. The molecule has 0 amide bonds. The van der Waals surface area contributed by atoms with Crippen LogP contribution in [0.4, 0.5) is 5.82 Å². The third kappa shape index (κ3) is 7.57. The SMILES string of the molecule is CCCCN(/C=N/c1ncnc2c1ncn2[C@H]1C[C@H](N=[N+]=[N-])[C@@H](CO[Si](c2ccccc2)(c2ccccc2)C(C)(C)C)O1)CCCC. The van der Waals surface area contributed by atoms with Gasteiger partial charge in [0.15, 0.2) is 17.0 Å². The highest BCUT2D eigenvalue weighted by atomic mass is 28.4. The molecule has 3 heterocycles. The van der Waals surface area contributed by atoms with Gasteiger partial charge in [0.1, 0.15) is 12.6 Å². The number of unbranched alkanes of at least 4 members (excludes halogenated alkanes) is 2. The summed E-state index contributed by atoms with van der Waals surface area (Å²) in [5.74, 6) is 0.517. The largest absolute Gasteiger partial charge is 0.405 e. The molecule has 0 N–H and O–H groups in total. The van der Waals surface area contributed by atoms with Crippen LogP contribution in [0.15, 0.2) is 83.4 Å². The fourth-order valence-corrected chi connectivity index (χ4v) is 11.0. The van der Waals surface area contributed by atoms with E-state index in [1.807, 2.05) is 23.0 Å². The molecule has 3 atom stereocenters. The summed E-state index contributed by atoms with van der Waals surface area (Å²) in [5.41, 5.74) is 10.7. The van der Waals surface area contributed by atoms with E-state index in [1.54, 1.807) is 6.33 Å². The van der Waals surface area contributed by atoms with Crippen LogP contribution in [-0.4, -0.2) is 70.9 Å². The van der Waals surface area contributed by atoms with Gasteiger partial charge in [0.2, 0.25) is 0 Å². The van der Waals surface area contributed by atoms with Gasteiger partial charge in [0.05, 0.1) is 31.4 Å². The van der Waals surface area contributed by atoms with Gasteiger partial charge in [-0.2, -0.15) is 0 Å². The van der Waals surface area contributed by atoms with E-state index in [9.17, 15) is 5.53 Å². The highest BCUT2D eigenvalue weighted by Crippen LogP contribution is 2.39. The Morgan fingerprint density at radius 3 is 2.21 bits per heavy atom. The van der Waals surface area contributed by atoms with E-state index in [1.165, 1.54) is 16.7 Å². The lowest BCUT2D eigenvalue weighted by molar-refractivity contribution is -0.0200. The van der Waals surface area contributed by atoms with Crippen molar-refractivity contribution >= 4 is 42.0 Å². The van der Waals surface area contributed by atoms with E-state index in [2.05, 4.69) is 113 Å². The molecule has 4 aromatic rings. The molecule has 11 nitrogen and oxygen atoms in total. The van der Waals surface area contributed by atoms with Gasteiger partial charge in [-0.05, 0) is 33.8 Å². The van der Waals surface area contributed by atoms with Gasteiger partial charge in [-0.15, -0.1) is 0 Å². The van der Waals surface area contributed by atoms with Crippen LogP contribution in [0.3, 0.4) is 0 Å². The standard InChI is InChI=1S/C35H47N9O2Si/c1-6-8-20-43(21-9-7-2)25-40-33-32-34(38-24-37-33)44(26-39-32)31-22-29(41-42-36)30(46-31)23-45-47(35(3,4)5,27-16-12-10-13-17-27)28-18-14-11-15-19-28/h10-19,24-26,29-31H,6-9,20-23H2,1-5H3/b40-25+/t29-,30+,31+/m0/s1. The summed E-state index contributed by atoms with van der Waals surface area (Å²) in [6, 6.07) is 20.6. The van der Waals surface area contributed by atoms with E-state index in [0.29, 0.717) is 23.4 Å². The number of rotatable bonds is 15. The number of azide groups is 1. The van der Waals surface area contributed by atoms with E-state index in [4.69, 9.17) is 14.2 Å². The van der Waals surface area contributed by atoms with Crippen molar-refractivity contribution in [3.63, 3.8) is 0 Å². The first-order valence-electron chi connectivity index (χ1n) is 16.7. The third-order valence-corrected chi connectivity index (χ3v) is 13.9. The highest BCUT2D eigenvalue weighted by Gasteiger charge is 2.51. The maximum atomic E-state index is 9.51. The Bertz CT molecular complexity index is 1600. The lowest BCUT2D eigenvalue weighted by Crippen LogP contribution is -2.67. The first kappa shape index (κ1) is 34.2. The zero-order chi connectivity index (χ0) is 33.3. The zero-order valence-corrected chi connectivity index (χ0v) is 29.2. The Hall–Kier alpha value is -4.09. The van der Waals surface area contributed by atoms with Crippen LogP contribution in [0.1, 0.15) is 73.0 Å². The van der Waals surface area contributed by atoms with Crippen LogP contribution in [0, 0.1) is 0 Å². The summed E-state index contributed by atoms with van der Waals surface area (Å²) in [4.78, 5) is 23.8. The number of nitrogens with zero attached hydrogens (tertiary/aromatic N) is 9. The molecule has 0 spiro atoms. The van der Waals surface area contributed by atoms with Crippen molar-refractivity contribution in [1.82, 2.24) is 24.4 Å². The topological polar surface area (TPSA) is 126 Å². The second-order valence-corrected chi connectivity index (χ2v) is 17.4. The third-order valence-electron chi connectivity index (χ3n) is 8.88. The molecule has 5 rings (SSSR count). The number of imidazole rings is 1. The average Bonchev–Trinajstić information content (AvgIpc) is 3.69. The van der Waals surface area contributed by atoms with Crippen LogP contribution < -0.4 is 10.4 Å². The second-order valence-electron chi connectivity index (χ2n) is 13.1. The summed E-state index contributed by atoms with van der Waals surface area (Å²) in [5, 5.41) is 6.33. The van der Waals surface area contributed by atoms with E-state index < -0.39 is 26.7 Å². The molecule has 0 saturated carbocycles. The molecule has 1 fully saturated rings. The molecule has 0 aliphatic carbocycles. The van der Waals surface area contributed by atoms with Gasteiger partial charge in [-0.1, -0.05) is 113 Å². The van der Waals surface area contributed by atoms with Crippen LogP contribution in [0.5, 0.6) is 0 Å². The average molecular weight is 654 g/mol. The Balaban J connectivity index is 1.41. The number of ether oxygens (including phenoxy) is 1. The number of aromatic nitrogens is 4. The highest BCUT2D eigenvalue weighted by molar-refractivity contribution is 6.99. The predicted octanol–water partition coefficient (Wildman–Crippen LogP) is 6.93. The number of aliphatic imine (C=N–C) groups is 1. The smallest absolute Gasteiger partial charge is 0.261 e. The van der Waals surface area contributed by atoms with Gasteiger partial charge in [-0.25, -0.2) is 19.9 Å². The fraction of sp³-hybridized carbons (Fsp3) is 0.486. The molecule has 0 bridgehead atoms. The molecular formula is C35H47N9O2Si. The molecule has 0 radical (unpaired) electrons. The van der Waals surface area contributed by atoms with Crippen molar-refractivity contribution in [2.24, 2.45) is 10.1 Å². The van der Waals surface area contributed by atoms with Crippen LogP contribution in [-0.2, 0) is 9.16 Å². The lowest BCUT2D eigenvalue weighted by Gasteiger charge is -2.43. The van der Waals surface area contributed by atoms with Crippen molar-refractivity contribution in [1.29, 1.82) is 0 Å². The minimum absolute atomic E-state index is 0.196. The van der Waals surface area contributed by atoms with Crippen molar-refractivity contribution in [3.8, 4) is 0 Å². The number of fused-ring (bicyclic) bond motifs is 1. The van der Waals surface area contributed by atoms with Crippen molar-refractivity contribution in [2.45, 2.75) is 90.1 Å². The molecule has 1 aliphatic rings. The summed E-state index contributed by atoms with van der Waals surface area (Å²) in [7, 11) is -2.82. The Labute approximate surface area is 278 Å². The quantitative estimate of drug-likeness (QED) is 0.0342. The minimum Gasteiger partial charge on any atom is -0.405 e. The summed E-state index contributed by atoms with van der Waals surface area (Å²) >= 11 is 0. The Morgan fingerprint density at radius 1 is 1.00 bits per heavy atom. The maximum Gasteiger partial charge on any atom is 0.261 e. The molecule has 2 aromatic heterocycles. The van der Waals surface area contributed by atoms with Crippen LogP contribution in [0.25, 0.3) is 21.6 Å². The van der Waals surface area contributed by atoms with Crippen LogP contribution in [0.2, 0.25) is 5.04 Å². The summed E-state index contributed by atoms with van der Waals surface area (Å²) < 4.78 is 15.7. The first-order valence-corrected chi connectivity index (χ1v) is 18.6. The van der Waals surface area contributed by atoms with Gasteiger partial charge >= 0.3 is 0 Å². The van der Waals surface area contributed by atoms with Gasteiger partial charge < -0.3 is 14.1 Å². The van der Waals surface area contributed by atoms with Crippen molar-refractivity contribution in [3.05, 3.63) is 83.8 Å². The van der Waals surface area contributed by atoms with Gasteiger partial charge in [0.25, 0.3) is 8.32 Å². The molecule has 47 heavy (non-hydrogen) atoms. The Kier molecular flexibility index (Phi) is 11.4. The molecular weight excluding hydrogens is 607 g/mol. The molecule has 0 unspecified atom stereocenters. The minimum atomic E-state index is -2.82. The number of hydrogen-bond donors (Lipinski definition) is 0. The normalized spacial score (nSPS) is 18.5. The van der Waals surface area contributed by atoms with Crippen molar-refractivity contribution < 1.29 is 9.16 Å². The van der Waals surface area contributed by atoms with Gasteiger partial charge in [-0.3, -0.25) is 4.57 Å². The summed E-state index contributed by atoms with van der Waals surface area (Å²) in [6.07, 6.45) is 9.14. The molecule has 248 valence electrons. The lowest BCUT2D eigenvalue weighted by atomic mass is 10.1. The fourth-order valence-electron chi connectivity index (χ4n) is 6.42. The zero-order valence-electron chi connectivity index (χ0n) is 28.2. The number of hydrogen-bond acceptors (Lipinski definition) is 7. The molecule has 2 aromatic carbocycles. The first-order chi connectivity index (χ1) is 22.8. The molecule has 12 heteroatoms. The number of benzene rings is 2. The van der Waals surface area contributed by atoms with E-state index >= 15 is 0 Å². The monoisotopic (exact) mass is 653 g/mol. The maximum absolute atomic E-state index is 9.51. The van der Waals surface area contributed by atoms with Crippen molar-refractivity contribution in [2.75, 3.05) is 19.7 Å². The van der Waals surface area contributed by atoms with E-state index in [0.717, 1.165) is 38.8 Å². The van der Waals surface area contributed by atoms with Crippen LogP contribution >= 0.6 is 0 Å². The summed E-state index contributed by atoms with van der Waals surface area (Å²) in [6.45, 7) is 13.3. The van der Waals surface area contributed by atoms with E-state index in [-0.39, 0.29) is 11.6 Å². The van der Waals surface area contributed by atoms with Gasteiger partial charge in [0, 0.05) is 24.4 Å². The molecule has 1 aliphatic heterocycles. The predicted molar refractivity (Wildman–Crippen MR) is 190 cm³/mol. The molecule has 1 saturated heterocycles.